The normalized spacial score (nSPS) is 11.4. The van der Waals surface area contributed by atoms with Gasteiger partial charge < -0.3 is 9.64 Å². The van der Waals surface area contributed by atoms with Gasteiger partial charge in [0.2, 0.25) is 0 Å². The number of benzene rings is 1. The Morgan fingerprint density at radius 1 is 1.26 bits per heavy atom. The molecule has 31 heavy (non-hydrogen) atoms. The summed E-state index contributed by atoms with van der Waals surface area (Å²) in [5.41, 5.74) is 1.38. The van der Waals surface area contributed by atoms with E-state index in [4.69, 9.17) is 4.74 Å². The summed E-state index contributed by atoms with van der Waals surface area (Å²) in [4.78, 5) is 29.9. The Kier molecular flexibility index (Phi) is 5.77. The molecule has 0 fully saturated rings. The zero-order chi connectivity index (χ0) is 22.0. The van der Waals surface area contributed by atoms with Crippen LogP contribution in [-0.4, -0.2) is 57.7 Å². The number of nitrogens with zero attached hydrogens (tertiary/aromatic N) is 6. The predicted octanol–water partition coefficient (Wildman–Crippen LogP) is 4.25. The van der Waals surface area contributed by atoms with Crippen molar-refractivity contribution in [2.24, 2.45) is 4.99 Å². The van der Waals surface area contributed by atoms with E-state index in [1.807, 2.05) is 39.2 Å². The third kappa shape index (κ3) is 4.17. The fourth-order valence-electron chi connectivity index (χ4n) is 3.06. The molecule has 4 aromatic rings. The van der Waals surface area contributed by atoms with Gasteiger partial charge in [0.25, 0.3) is 0 Å². The van der Waals surface area contributed by atoms with Crippen LogP contribution in [0, 0.1) is 6.92 Å². The third-order valence-electron chi connectivity index (χ3n) is 4.39. The van der Waals surface area contributed by atoms with Gasteiger partial charge in [0.15, 0.2) is 11.6 Å². The second-order valence-electron chi connectivity index (χ2n) is 7.01. The van der Waals surface area contributed by atoms with Crippen LogP contribution in [0.2, 0.25) is 0 Å². The average molecular weight is 435 g/mol. The molecule has 0 atom stereocenters. The molecule has 0 saturated heterocycles. The number of aromatic nitrogens is 4. The van der Waals surface area contributed by atoms with E-state index in [0.717, 1.165) is 20.7 Å². The molecule has 0 aliphatic heterocycles. The van der Waals surface area contributed by atoms with Crippen molar-refractivity contribution in [2.45, 2.75) is 13.8 Å². The number of esters is 1. The van der Waals surface area contributed by atoms with Crippen LogP contribution in [-0.2, 0) is 4.74 Å². The smallest absolute Gasteiger partial charge is 0.343 e. The Morgan fingerprint density at radius 2 is 2.03 bits per heavy atom. The summed E-state index contributed by atoms with van der Waals surface area (Å²) in [6.45, 7) is 3.87. The van der Waals surface area contributed by atoms with Crippen LogP contribution >= 0.6 is 11.3 Å². The highest BCUT2D eigenvalue weighted by Crippen LogP contribution is 2.36. The highest BCUT2D eigenvalue weighted by atomic mass is 32.1. The fraction of sp³-hybridized carbons (Fsp3) is 0.227. The van der Waals surface area contributed by atoms with Gasteiger partial charge in [-0.2, -0.15) is 9.78 Å². The Morgan fingerprint density at radius 3 is 2.74 bits per heavy atom. The maximum absolute atomic E-state index is 12.5. The fourth-order valence-corrected chi connectivity index (χ4v) is 4.14. The SMILES string of the molecule is CCOC(=O)c1cnn(-c2nc(C)nc3sc(-c4ccccc4)cc23)c1N=CN(C)C. The van der Waals surface area contributed by atoms with E-state index in [-0.39, 0.29) is 12.2 Å². The largest absolute Gasteiger partial charge is 0.462 e. The van der Waals surface area contributed by atoms with Crippen LogP contribution in [0.5, 0.6) is 0 Å². The van der Waals surface area contributed by atoms with Crippen LogP contribution in [0.15, 0.2) is 47.6 Å². The molecule has 158 valence electrons. The second kappa shape index (κ2) is 8.65. The summed E-state index contributed by atoms with van der Waals surface area (Å²) in [6, 6.07) is 12.2. The highest BCUT2D eigenvalue weighted by Gasteiger charge is 2.22. The first kappa shape index (κ1) is 20.7. The standard InChI is InChI=1S/C22H22N6O2S/c1-5-30-22(29)17-12-24-28(19(17)23-13-27(3)4)20-16-11-18(15-9-7-6-8-10-15)31-21(16)26-14(2)25-20/h6-13H,5H2,1-4H3. The van der Waals surface area contributed by atoms with Crippen molar-refractivity contribution in [2.75, 3.05) is 20.7 Å². The van der Waals surface area contributed by atoms with E-state index in [2.05, 4.69) is 38.3 Å². The molecular weight excluding hydrogens is 412 g/mol. The van der Waals surface area contributed by atoms with Crippen LogP contribution in [0.1, 0.15) is 23.1 Å². The first-order chi connectivity index (χ1) is 15.0. The Hall–Kier alpha value is -3.59. The number of thiophene rings is 1. The van der Waals surface area contributed by atoms with Gasteiger partial charge in [0.05, 0.1) is 24.5 Å². The lowest BCUT2D eigenvalue weighted by atomic mass is 10.2. The Labute approximate surface area is 183 Å². The molecule has 1 aromatic carbocycles. The van der Waals surface area contributed by atoms with Gasteiger partial charge in [-0.15, -0.1) is 11.3 Å². The molecule has 0 bridgehead atoms. The maximum Gasteiger partial charge on any atom is 0.343 e. The molecule has 3 heterocycles. The Bertz CT molecular complexity index is 1260. The van der Waals surface area contributed by atoms with Crippen molar-refractivity contribution in [1.29, 1.82) is 0 Å². The molecule has 3 aromatic heterocycles. The molecule has 8 nitrogen and oxygen atoms in total. The molecule has 4 rings (SSSR count). The van der Waals surface area contributed by atoms with Crippen LogP contribution < -0.4 is 0 Å². The lowest BCUT2D eigenvalue weighted by Gasteiger charge is -2.08. The molecule has 0 N–H and O–H groups in total. The van der Waals surface area contributed by atoms with Crippen molar-refractivity contribution in [1.82, 2.24) is 24.6 Å². The number of ether oxygens (including phenoxy) is 1. The van der Waals surface area contributed by atoms with E-state index in [0.29, 0.717) is 17.5 Å². The van der Waals surface area contributed by atoms with E-state index in [9.17, 15) is 4.79 Å². The summed E-state index contributed by atoms with van der Waals surface area (Å²) in [7, 11) is 3.71. The molecule has 0 unspecified atom stereocenters. The van der Waals surface area contributed by atoms with Crippen molar-refractivity contribution in [3.8, 4) is 16.3 Å². The number of fused-ring (bicyclic) bond motifs is 1. The number of hydrogen-bond donors (Lipinski definition) is 0. The topological polar surface area (TPSA) is 85.5 Å². The van der Waals surface area contributed by atoms with Crippen LogP contribution in [0.3, 0.4) is 0 Å². The average Bonchev–Trinajstić information content (AvgIpc) is 3.36. The quantitative estimate of drug-likeness (QED) is 0.256. The molecular formula is C22H22N6O2S. The van der Waals surface area contributed by atoms with Crippen LogP contribution in [0.4, 0.5) is 5.82 Å². The molecule has 0 amide bonds. The molecule has 0 radical (unpaired) electrons. The summed E-state index contributed by atoms with van der Waals surface area (Å²) < 4.78 is 6.76. The zero-order valence-corrected chi connectivity index (χ0v) is 18.6. The van der Waals surface area contributed by atoms with Gasteiger partial charge in [-0.1, -0.05) is 30.3 Å². The number of hydrogen-bond acceptors (Lipinski definition) is 7. The first-order valence-corrected chi connectivity index (χ1v) is 10.6. The predicted molar refractivity (Wildman–Crippen MR) is 123 cm³/mol. The molecule has 0 saturated carbocycles. The first-order valence-electron chi connectivity index (χ1n) is 9.77. The maximum atomic E-state index is 12.5. The molecule has 0 aliphatic carbocycles. The number of aliphatic imine (C=N–C) groups is 1. The van der Waals surface area contributed by atoms with E-state index < -0.39 is 5.97 Å². The van der Waals surface area contributed by atoms with E-state index >= 15 is 0 Å². The van der Waals surface area contributed by atoms with E-state index in [1.165, 1.54) is 6.20 Å². The minimum Gasteiger partial charge on any atom is -0.462 e. The van der Waals surface area contributed by atoms with Gasteiger partial charge in [-0.3, -0.25) is 0 Å². The molecule has 0 aliphatic rings. The molecule has 9 heteroatoms. The zero-order valence-electron chi connectivity index (χ0n) is 17.7. The van der Waals surface area contributed by atoms with Gasteiger partial charge in [0.1, 0.15) is 16.2 Å². The number of aryl methyl sites for hydroxylation is 1. The minimum absolute atomic E-state index is 0.267. The Balaban J connectivity index is 1.92. The van der Waals surface area contributed by atoms with Gasteiger partial charge in [-0.05, 0) is 25.5 Å². The summed E-state index contributed by atoms with van der Waals surface area (Å²) >= 11 is 1.59. The van der Waals surface area contributed by atoms with Crippen molar-refractivity contribution in [3.63, 3.8) is 0 Å². The van der Waals surface area contributed by atoms with Gasteiger partial charge in [-0.25, -0.2) is 19.8 Å². The minimum atomic E-state index is -0.475. The number of carbonyl (C=O) groups is 1. The van der Waals surface area contributed by atoms with Crippen molar-refractivity contribution >= 4 is 39.7 Å². The van der Waals surface area contributed by atoms with Crippen molar-refractivity contribution < 1.29 is 9.53 Å². The summed E-state index contributed by atoms with van der Waals surface area (Å²) in [5.74, 6) is 1.07. The van der Waals surface area contributed by atoms with Gasteiger partial charge >= 0.3 is 5.97 Å². The highest BCUT2D eigenvalue weighted by molar-refractivity contribution is 7.21. The summed E-state index contributed by atoms with van der Waals surface area (Å²) in [6.07, 6.45) is 3.08. The lowest BCUT2D eigenvalue weighted by molar-refractivity contribution is 0.0527. The number of carbonyl (C=O) groups excluding carboxylic acids is 1. The van der Waals surface area contributed by atoms with E-state index in [1.54, 1.807) is 34.2 Å². The number of rotatable bonds is 6. The lowest BCUT2D eigenvalue weighted by Crippen LogP contribution is -2.10. The summed E-state index contributed by atoms with van der Waals surface area (Å²) in [5, 5.41) is 5.28. The second-order valence-corrected chi connectivity index (χ2v) is 8.04. The van der Waals surface area contributed by atoms with Gasteiger partial charge in [0, 0.05) is 19.0 Å². The van der Waals surface area contributed by atoms with Crippen LogP contribution in [0.25, 0.3) is 26.5 Å². The monoisotopic (exact) mass is 434 g/mol. The third-order valence-corrected chi connectivity index (χ3v) is 5.47. The van der Waals surface area contributed by atoms with Crippen molar-refractivity contribution in [3.05, 3.63) is 54.0 Å². The molecule has 0 spiro atoms.